The molecule has 3 aliphatic rings. The average Bonchev–Trinajstić information content (AvgIpc) is 4.39. The van der Waals surface area contributed by atoms with Crippen LogP contribution < -0.4 is 25.4 Å². The van der Waals surface area contributed by atoms with E-state index in [-0.39, 0.29) is 0 Å². The molecule has 6 aromatic carbocycles. The molecule has 3 saturated heterocycles. The summed E-state index contributed by atoms with van der Waals surface area (Å²) < 4.78 is 21.0. The Labute approximate surface area is 502 Å². The van der Waals surface area contributed by atoms with Crippen molar-refractivity contribution in [1.82, 2.24) is 54.9 Å². The van der Waals surface area contributed by atoms with Gasteiger partial charge in [0.15, 0.2) is 11.5 Å². The molecule has 0 radical (unpaired) electrons. The molecule has 12 rings (SSSR count). The van der Waals surface area contributed by atoms with E-state index in [0.29, 0.717) is 24.7 Å². The highest BCUT2D eigenvalue weighted by Crippen LogP contribution is 2.30. The number of para-hydroxylation sites is 2. The van der Waals surface area contributed by atoms with Gasteiger partial charge in [0.1, 0.15) is 18.7 Å². The molecular formula is C69H84ClN11O3. The molecule has 0 saturated carbocycles. The van der Waals surface area contributed by atoms with E-state index in [1.165, 1.54) is 86.0 Å². The van der Waals surface area contributed by atoms with Crippen LogP contribution in [-0.4, -0.2) is 110 Å². The zero-order valence-electron chi connectivity index (χ0n) is 49.5. The Balaban J connectivity index is 0.000000142. The van der Waals surface area contributed by atoms with Crippen LogP contribution in [-0.2, 0) is 39.3 Å². The number of piperidine rings is 3. The van der Waals surface area contributed by atoms with Crippen molar-refractivity contribution in [2.24, 2.45) is 0 Å². The highest BCUT2D eigenvalue weighted by Gasteiger charge is 2.22. The number of halogens is 1. The first-order valence-corrected chi connectivity index (χ1v) is 30.6. The monoisotopic (exact) mass is 1150 g/mol. The summed E-state index contributed by atoms with van der Waals surface area (Å²) in [5, 5.41) is 15.9. The Morgan fingerprint density at radius 3 is 1.67 bits per heavy atom. The van der Waals surface area contributed by atoms with Gasteiger partial charge in [-0.1, -0.05) is 109 Å². The maximum atomic E-state index is 5.99. The van der Waals surface area contributed by atoms with Gasteiger partial charge in [0, 0.05) is 79.6 Å². The maximum absolute atomic E-state index is 5.99. The summed E-state index contributed by atoms with van der Waals surface area (Å²) in [5.74, 6) is 2.26. The number of likely N-dealkylation sites (tertiary alicyclic amines) is 3. The van der Waals surface area contributed by atoms with Crippen molar-refractivity contribution >= 4 is 22.6 Å². The number of methoxy groups -OCH3 is 1. The summed E-state index contributed by atoms with van der Waals surface area (Å²) >= 11 is 5.97. The van der Waals surface area contributed by atoms with Gasteiger partial charge < -0.3 is 39.4 Å². The molecule has 9 aromatic rings. The lowest BCUT2D eigenvalue weighted by atomic mass is 10.0. The zero-order valence-corrected chi connectivity index (χ0v) is 50.3. The number of benzene rings is 6. The zero-order chi connectivity index (χ0) is 57.9. The van der Waals surface area contributed by atoms with E-state index in [2.05, 4.69) is 173 Å². The van der Waals surface area contributed by atoms with Crippen LogP contribution in [0.1, 0.15) is 90.3 Å². The van der Waals surface area contributed by atoms with E-state index >= 15 is 0 Å². The number of rotatable bonds is 20. The van der Waals surface area contributed by atoms with Crippen molar-refractivity contribution in [3.63, 3.8) is 0 Å². The number of hydrogen-bond donors (Lipinski definition) is 3. The molecule has 6 heterocycles. The molecule has 0 unspecified atom stereocenters. The van der Waals surface area contributed by atoms with Crippen LogP contribution >= 0.6 is 11.6 Å². The Kier molecular flexibility index (Phi) is 21.9. The molecule has 3 N–H and O–H groups in total. The van der Waals surface area contributed by atoms with Crippen molar-refractivity contribution in [2.45, 2.75) is 117 Å². The molecule has 0 atom stereocenters. The minimum absolute atomic E-state index is 0.413. The lowest BCUT2D eigenvalue weighted by molar-refractivity contribution is 0.190. The Morgan fingerprint density at radius 2 is 1.11 bits per heavy atom. The van der Waals surface area contributed by atoms with Gasteiger partial charge in [-0.3, -0.25) is 14.4 Å². The number of aromatic nitrogens is 5. The number of fused-ring (bicyclic) bond motifs is 1. The Morgan fingerprint density at radius 1 is 0.571 bits per heavy atom. The SMILES string of the molecule is CCN1CCC(NCc2ccc(-n3cnc4ccccc43)cc2)CC1.COc1cc(CNC2CCN(Cc3ccccc3)CC2)ccc1OCc1c(C)noc1C.Clc1ccc(CN2CCC(NCc3ccc(-n4ccnc4)cc3)CC2)cc1. The lowest BCUT2D eigenvalue weighted by Crippen LogP contribution is -2.42. The van der Waals surface area contributed by atoms with Crippen LogP contribution in [0.5, 0.6) is 11.5 Å². The summed E-state index contributed by atoms with van der Waals surface area (Å²) in [6.45, 7) is 19.4. The van der Waals surface area contributed by atoms with Crippen molar-refractivity contribution in [3.05, 3.63) is 220 Å². The highest BCUT2D eigenvalue weighted by molar-refractivity contribution is 6.30. The summed E-state index contributed by atoms with van der Waals surface area (Å²) in [7, 11) is 1.68. The molecule has 0 spiro atoms. The third kappa shape index (κ3) is 17.3. The second-order valence-electron chi connectivity index (χ2n) is 22.5. The van der Waals surface area contributed by atoms with E-state index in [1.807, 2.05) is 67.6 Å². The van der Waals surface area contributed by atoms with E-state index < -0.39 is 0 Å². The smallest absolute Gasteiger partial charge is 0.161 e. The molecule has 3 aromatic heterocycles. The van der Waals surface area contributed by atoms with Crippen LogP contribution in [0, 0.1) is 13.8 Å². The van der Waals surface area contributed by atoms with Gasteiger partial charge in [0.25, 0.3) is 0 Å². The van der Waals surface area contributed by atoms with Crippen LogP contribution in [0.25, 0.3) is 22.4 Å². The van der Waals surface area contributed by atoms with Crippen molar-refractivity contribution in [1.29, 1.82) is 0 Å². The maximum Gasteiger partial charge on any atom is 0.161 e. The number of nitrogens with one attached hydrogen (secondary N) is 3. The third-order valence-corrected chi connectivity index (χ3v) is 17.0. The first kappa shape index (κ1) is 60.0. The number of hydrogen-bond acceptors (Lipinski definition) is 12. The fraction of sp³-hybridized carbons (Fsp3) is 0.377. The molecule has 0 aliphatic carbocycles. The molecule has 84 heavy (non-hydrogen) atoms. The normalized spacial score (nSPS) is 15.8. The van der Waals surface area contributed by atoms with Gasteiger partial charge >= 0.3 is 0 Å². The van der Waals surface area contributed by atoms with Crippen LogP contribution in [0.15, 0.2) is 175 Å². The van der Waals surface area contributed by atoms with Crippen LogP contribution in [0.2, 0.25) is 5.02 Å². The predicted octanol–water partition coefficient (Wildman–Crippen LogP) is 12.5. The molecular weight excluding hydrogens is 1070 g/mol. The first-order chi connectivity index (χ1) is 41.2. The molecule has 3 aliphatic heterocycles. The van der Waals surface area contributed by atoms with E-state index in [4.69, 9.17) is 25.6 Å². The van der Waals surface area contributed by atoms with Crippen molar-refractivity contribution < 1.29 is 14.0 Å². The quantitative estimate of drug-likeness (QED) is 0.0673. The second-order valence-corrected chi connectivity index (χ2v) is 23.0. The van der Waals surface area contributed by atoms with Gasteiger partial charge in [-0.2, -0.15) is 0 Å². The summed E-state index contributed by atoms with van der Waals surface area (Å²) in [6.07, 6.45) is 14.7. The highest BCUT2D eigenvalue weighted by atomic mass is 35.5. The van der Waals surface area contributed by atoms with Gasteiger partial charge in [0.05, 0.1) is 35.7 Å². The van der Waals surface area contributed by atoms with E-state index in [1.54, 1.807) is 13.3 Å². The molecule has 14 nitrogen and oxygen atoms in total. The summed E-state index contributed by atoms with van der Waals surface area (Å²) in [4.78, 5) is 16.2. The summed E-state index contributed by atoms with van der Waals surface area (Å²) in [5.41, 5.74) is 12.9. The fourth-order valence-electron chi connectivity index (χ4n) is 11.5. The minimum Gasteiger partial charge on any atom is -0.493 e. The molecule has 15 heteroatoms. The predicted molar refractivity (Wildman–Crippen MR) is 338 cm³/mol. The number of nitrogens with zero attached hydrogens (tertiary/aromatic N) is 8. The van der Waals surface area contributed by atoms with E-state index in [9.17, 15) is 0 Å². The standard InChI is InChI=1S/C26H33N3O3.C22H25ClN4.C21H26N4/c1-19-24(20(2)32-28-19)18-31-25-10-9-22(15-26(25)30-3)16-27-23-11-13-29(14-12-23)17-21-7-5-4-6-8-21;23-20-5-1-19(2-6-20)16-26-12-9-21(10-13-26)25-15-18-3-7-22(8-4-18)27-14-11-24-17-27;1-2-24-13-11-18(12-14-24)22-15-17-7-9-19(10-8-17)25-16-23-20-5-3-4-6-21(20)25/h4-10,15,23,27H,11-14,16-18H2,1-3H3;1-8,11,14,17,21,25H,9-10,12-13,15-16H2;3-10,16,18,22H,2,11-15H2,1H3. The lowest BCUT2D eigenvalue weighted by Gasteiger charge is -2.32. The molecule has 0 amide bonds. The molecule has 440 valence electrons. The fourth-order valence-corrected chi connectivity index (χ4v) is 11.6. The number of imidazole rings is 2. The van der Waals surface area contributed by atoms with Crippen molar-refractivity contribution in [3.8, 4) is 22.9 Å². The van der Waals surface area contributed by atoms with Gasteiger partial charge in [-0.05, 0) is 187 Å². The van der Waals surface area contributed by atoms with Gasteiger partial charge in [-0.15, -0.1) is 0 Å². The van der Waals surface area contributed by atoms with E-state index in [0.717, 1.165) is 115 Å². The van der Waals surface area contributed by atoms with Crippen LogP contribution in [0.4, 0.5) is 0 Å². The first-order valence-electron chi connectivity index (χ1n) is 30.2. The third-order valence-electron chi connectivity index (χ3n) is 16.8. The summed E-state index contributed by atoms with van der Waals surface area (Å²) in [6, 6.07) is 52.6. The average molecular weight is 1150 g/mol. The van der Waals surface area contributed by atoms with Crippen LogP contribution in [0.3, 0.4) is 0 Å². The largest absolute Gasteiger partial charge is 0.493 e. The number of aryl methyl sites for hydroxylation is 2. The topological polar surface area (TPSA) is 126 Å². The second kappa shape index (κ2) is 30.6. The Bertz CT molecular complexity index is 3330. The minimum atomic E-state index is 0.413. The van der Waals surface area contributed by atoms with Crippen molar-refractivity contribution in [2.75, 3.05) is 52.9 Å². The Hall–Kier alpha value is -7.14. The molecule has 3 fully saturated rings. The molecule has 0 bridgehead atoms. The van der Waals surface area contributed by atoms with Gasteiger partial charge in [-0.25, -0.2) is 9.97 Å². The number of ether oxygens (including phenoxy) is 2. The van der Waals surface area contributed by atoms with Gasteiger partial charge in [0.2, 0.25) is 0 Å².